The molecule has 0 saturated carbocycles. The molecule has 0 spiro atoms. The predicted octanol–water partition coefficient (Wildman–Crippen LogP) is 4.75. The summed E-state index contributed by atoms with van der Waals surface area (Å²) in [5, 5.41) is 5.60. The summed E-state index contributed by atoms with van der Waals surface area (Å²) in [6.45, 7) is 6.51. The Morgan fingerprint density at radius 3 is 2.58 bits per heavy atom. The zero-order valence-corrected chi connectivity index (χ0v) is 13.2. The third-order valence-electron chi connectivity index (χ3n) is 2.97. The molecule has 0 unspecified atom stereocenters. The summed E-state index contributed by atoms with van der Waals surface area (Å²) in [6, 6.07) is 13.2. The molecule has 0 bridgehead atoms. The van der Waals surface area contributed by atoms with Gasteiger partial charge in [0.25, 0.3) is 0 Å². The molecule has 0 aliphatic heterocycles. The highest BCUT2D eigenvalue weighted by atomic mass is 32.2. The molecular formula is C16H21NS2. The van der Waals surface area contributed by atoms with Crippen LogP contribution >= 0.6 is 23.1 Å². The SMILES string of the molecule is CC(C)c1ccc(SCCNCc2cccs2)cc1. The molecule has 1 aromatic carbocycles. The minimum absolute atomic E-state index is 0.617. The lowest BCUT2D eigenvalue weighted by Gasteiger charge is -2.07. The maximum Gasteiger partial charge on any atom is 0.0300 e. The summed E-state index contributed by atoms with van der Waals surface area (Å²) >= 11 is 3.73. The van der Waals surface area contributed by atoms with Crippen molar-refractivity contribution in [3.8, 4) is 0 Å². The zero-order chi connectivity index (χ0) is 13.5. The average Bonchev–Trinajstić information content (AvgIpc) is 2.92. The Labute approximate surface area is 124 Å². The lowest BCUT2D eigenvalue weighted by Crippen LogP contribution is -2.15. The maximum absolute atomic E-state index is 3.48. The van der Waals surface area contributed by atoms with Crippen molar-refractivity contribution < 1.29 is 0 Å². The third kappa shape index (κ3) is 5.01. The third-order valence-corrected chi connectivity index (χ3v) is 4.86. The number of hydrogen-bond acceptors (Lipinski definition) is 3. The van der Waals surface area contributed by atoms with Gasteiger partial charge in [-0.3, -0.25) is 0 Å². The molecule has 2 rings (SSSR count). The van der Waals surface area contributed by atoms with E-state index in [0.29, 0.717) is 5.92 Å². The summed E-state index contributed by atoms with van der Waals surface area (Å²) in [6.07, 6.45) is 0. The highest BCUT2D eigenvalue weighted by molar-refractivity contribution is 7.99. The van der Waals surface area contributed by atoms with Gasteiger partial charge in [0, 0.05) is 28.6 Å². The molecule has 0 amide bonds. The fourth-order valence-corrected chi connectivity index (χ4v) is 3.30. The first-order valence-electron chi connectivity index (χ1n) is 6.71. The zero-order valence-electron chi connectivity index (χ0n) is 11.6. The van der Waals surface area contributed by atoms with E-state index >= 15 is 0 Å². The lowest BCUT2D eigenvalue weighted by atomic mass is 10.0. The Kier molecular flexibility index (Phi) is 5.95. The second-order valence-electron chi connectivity index (χ2n) is 4.83. The predicted molar refractivity (Wildman–Crippen MR) is 87.3 cm³/mol. The van der Waals surface area contributed by atoms with E-state index in [0.717, 1.165) is 18.8 Å². The first-order valence-corrected chi connectivity index (χ1v) is 8.58. The Hall–Kier alpha value is -0.770. The van der Waals surface area contributed by atoms with Gasteiger partial charge in [-0.1, -0.05) is 32.0 Å². The van der Waals surface area contributed by atoms with E-state index in [1.807, 2.05) is 23.1 Å². The number of thiophene rings is 1. The summed E-state index contributed by atoms with van der Waals surface area (Å²) in [5.41, 5.74) is 1.42. The number of hydrogen-bond donors (Lipinski definition) is 1. The van der Waals surface area contributed by atoms with Crippen LogP contribution < -0.4 is 5.32 Å². The molecule has 19 heavy (non-hydrogen) atoms. The first kappa shape index (κ1) is 14.6. The van der Waals surface area contributed by atoms with Gasteiger partial charge in [0.1, 0.15) is 0 Å². The van der Waals surface area contributed by atoms with Crippen molar-refractivity contribution in [2.75, 3.05) is 12.3 Å². The summed E-state index contributed by atoms with van der Waals surface area (Å²) in [7, 11) is 0. The first-order chi connectivity index (χ1) is 9.25. The van der Waals surface area contributed by atoms with Crippen molar-refractivity contribution in [2.45, 2.75) is 31.2 Å². The molecule has 0 fully saturated rings. The van der Waals surface area contributed by atoms with E-state index in [4.69, 9.17) is 0 Å². The topological polar surface area (TPSA) is 12.0 Å². The van der Waals surface area contributed by atoms with Crippen molar-refractivity contribution in [3.63, 3.8) is 0 Å². The molecule has 1 aromatic heterocycles. The average molecular weight is 291 g/mol. The smallest absolute Gasteiger partial charge is 0.0300 e. The van der Waals surface area contributed by atoms with E-state index in [2.05, 4.69) is 60.9 Å². The molecular weight excluding hydrogens is 270 g/mol. The molecule has 2 aromatic rings. The minimum atomic E-state index is 0.617. The molecule has 102 valence electrons. The molecule has 0 radical (unpaired) electrons. The van der Waals surface area contributed by atoms with Crippen LogP contribution in [0.15, 0.2) is 46.7 Å². The van der Waals surface area contributed by atoms with Crippen molar-refractivity contribution in [1.82, 2.24) is 5.32 Å². The van der Waals surface area contributed by atoms with Crippen LogP contribution in [0.25, 0.3) is 0 Å². The van der Waals surface area contributed by atoms with Crippen LogP contribution in [0.4, 0.5) is 0 Å². The van der Waals surface area contributed by atoms with Crippen LogP contribution in [0.3, 0.4) is 0 Å². The van der Waals surface area contributed by atoms with Gasteiger partial charge in [-0.05, 0) is 35.1 Å². The quantitative estimate of drug-likeness (QED) is 0.583. The van der Waals surface area contributed by atoms with Crippen molar-refractivity contribution >= 4 is 23.1 Å². The van der Waals surface area contributed by atoms with Crippen LogP contribution in [0.5, 0.6) is 0 Å². The maximum atomic E-state index is 3.48. The fourth-order valence-electron chi connectivity index (χ4n) is 1.81. The number of rotatable bonds is 7. The number of nitrogens with one attached hydrogen (secondary N) is 1. The van der Waals surface area contributed by atoms with Crippen molar-refractivity contribution in [1.29, 1.82) is 0 Å². The summed E-state index contributed by atoms with van der Waals surface area (Å²) in [5.74, 6) is 1.73. The van der Waals surface area contributed by atoms with Crippen LogP contribution in [0.2, 0.25) is 0 Å². The Balaban J connectivity index is 1.65. The Morgan fingerprint density at radius 1 is 1.16 bits per heavy atom. The van der Waals surface area contributed by atoms with Gasteiger partial charge in [-0.25, -0.2) is 0 Å². The molecule has 0 atom stereocenters. The highest BCUT2D eigenvalue weighted by Crippen LogP contribution is 2.21. The second-order valence-corrected chi connectivity index (χ2v) is 7.03. The van der Waals surface area contributed by atoms with Gasteiger partial charge >= 0.3 is 0 Å². The van der Waals surface area contributed by atoms with Gasteiger partial charge in [-0.15, -0.1) is 23.1 Å². The molecule has 1 N–H and O–H groups in total. The van der Waals surface area contributed by atoms with Gasteiger partial charge in [0.15, 0.2) is 0 Å². The van der Waals surface area contributed by atoms with Gasteiger partial charge in [-0.2, -0.15) is 0 Å². The van der Waals surface area contributed by atoms with Gasteiger partial charge in [0.05, 0.1) is 0 Å². The van der Waals surface area contributed by atoms with E-state index in [9.17, 15) is 0 Å². The number of thioether (sulfide) groups is 1. The van der Waals surface area contributed by atoms with Crippen LogP contribution in [-0.4, -0.2) is 12.3 Å². The summed E-state index contributed by atoms with van der Waals surface area (Å²) in [4.78, 5) is 2.77. The molecule has 0 saturated heterocycles. The molecule has 1 heterocycles. The van der Waals surface area contributed by atoms with Crippen LogP contribution in [0, 0.1) is 0 Å². The largest absolute Gasteiger partial charge is 0.311 e. The molecule has 3 heteroatoms. The Bertz CT molecular complexity index is 460. The monoisotopic (exact) mass is 291 g/mol. The van der Waals surface area contributed by atoms with Gasteiger partial charge < -0.3 is 5.32 Å². The summed E-state index contributed by atoms with van der Waals surface area (Å²) < 4.78 is 0. The van der Waals surface area contributed by atoms with E-state index in [-0.39, 0.29) is 0 Å². The number of benzene rings is 1. The molecule has 0 aliphatic rings. The van der Waals surface area contributed by atoms with Crippen LogP contribution in [0.1, 0.15) is 30.2 Å². The van der Waals surface area contributed by atoms with E-state index in [1.165, 1.54) is 15.3 Å². The lowest BCUT2D eigenvalue weighted by molar-refractivity contribution is 0.741. The van der Waals surface area contributed by atoms with Gasteiger partial charge in [0.2, 0.25) is 0 Å². The molecule has 0 aliphatic carbocycles. The second kappa shape index (κ2) is 7.73. The minimum Gasteiger partial charge on any atom is -0.311 e. The van der Waals surface area contributed by atoms with Crippen molar-refractivity contribution in [2.24, 2.45) is 0 Å². The van der Waals surface area contributed by atoms with Crippen LogP contribution in [-0.2, 0) is 6.54 Å². The fraction of sp³-hybridized carbons (Fsp3) is 0.375. The molecule has 1 nitrogen and oxygen atoms in total. The van der Waals surface area contributed by atoms with Crippen molar-refractivity contribution in [3.05, 3.63) is 52.2 Å². The standard InChI is InChI=1S/C16H21NS2/c1-13(2)14-5-7-15(8-6-14)19-11-9-17-12-16-4-3-10-18-16/h3-8,10,13,17H,9,11-12H2,1-2H3. The highest BCUT2D eigenvalue weighted by Gasteiger charge is 1.99. The van der Waals surface area contributed by atoms with E-state index in [1.54, 1.807) is 0 Å². The Morgan fingerprint density at radius 2 is 1.95 bits per heavy atom. The van der Waals surface area contributed by atoms with E-state index < -0.39 is 0 Å². The normalized spacial score (nSPS) is 11.1.